The molecule has 18 heavy (non-hydrogen) atoms. The predicted molar refractivity (Wildman–Crippen MR) is 75.5 cm³/mol. The van der Waals surface area contributed by atoms with Gasteiger partial charge in [0.25, 0.3) is 0 Å². The minimum atomic E-state index is 0.747. The van der Waals surface area contributed by atoms with E-state index in [0.29, 0.717) is 0 Å². The molecule has 0 saturated carbocycles. The van der Waals surface area contributed by atoms with Crippen molar-refractivity contribution in [2.45, 2.75) is 13.1 Å². The first-order valence-corrected chi connectivity index (χ1v) is 6.52. The topological polar surface area (TPSA) is 34.1 Å². The maximum Gasteiger partial charge on any atom is 0.123 e. The molecule has 0 unspecified atom stereocenters. The van der Waals surface area contributed by atoms with Gasteiger partial charge in [-0.05, 0) is 30.3 Å². The van der Waals surface area contributed by atoms with E-state index >= 15 is 0 Å². The lowest BCUT2D eigenvalue weighted by atomic mass is 10.2. The van der Waals surface area contributed by atoms with Crippen LogP contribution in [-0.2, 0) is 13.1 Å². The number of benzene rings is 1. The Balaban J connectivity index is 1.96. The third-order valence-corrected chi connectivity index (χ3v) is 3.08. The summed E-state index contributed by atoms with van der Waals surface area (Å²) in [4.78, 5) is 4.27. The van der Waals surface area contributed by atoms with Gasteiger partial charge in [0.15, 0.2) is 0 Å². The highest BCUT2D eigenvalue weighted by Gasteiger charge is 2.03. The molecule has 2 aromatic rings. The van der Waals surface area contributed by atoms with Gasteiger partial charge in [-0.1, -0.05) is 22.0 Å². The highest BCUT2D eigenvalue weighted by molar-refractivity contribution is 9.10. The predicted octanol–water partition coefficient (Wildman–Crippen LogP) is 3.14. The zero-order valence-corrected chi connectivity index (χ0v) is 11.8. The molecule has 3 nitrogen and oxygen atoms in total. The minimum absolute atomic E-state index is 0.747. The fraction of sp³-hybridized carbons (Fsp3) is 0.214. The van der Waals surface area contributed by atoms with Gasteiger partial charge in [0, 0.05) is 29.3 Å². The molecule has 1 heterocycles. The van der Waals surface area contributed by atoms with Crippen LogP contribution in [0.15, 0.2) is 47.1 Å². The number of methoxy groups -OCH3 is 1. The molecule has 0 atom stereocenters. The second kappa shape index (κ2) is 6.52. The molecule has 0 radical (unpaired) electrons. The summed E-state index contributed by atoms with van der Waals surface area (Å²) < 4.78 is 6.38. The zero-order chi connectivity index (χ0) is 12.8. The van der Waals surface area contributed by atoms with Gasteiger partial charge in [-0.15, -0.1) is 0 Å². The molecule has 1 aromatic carbocycles. The fourth-order valence-corrected chi connectivity index (χ4v) is 2.12. The fourth-order valence-electron chi connectivity index (χ4n) is 1.71. The van der Waals surface area contributed by atoms with Crippen LogP contribution in [0.1, 0.15) is 11.3 Å². The third kappa shape index (κ3) is 3.55. The molecule has 0 aliphatic heterocycles. The van der Waals surface area contributed by atoms with Crippen molar-refractivity contribution in [3.05, 3.63) is 58.3 Å². The first-order valence-electron chi connectivity index (χ1n) is 5.72. The van der Waals surface area contributed by atoms with E-state index in [2.05, 4.69) is 32.3 Å². The van der Waals surface area contributed by atoms with Crippen LogP contribution in [0.3, 0.4) is 0 Å². The molecule has 0 bridgehead atoms. The molecule has 0 amide bonds. The van der Waals surface area contributed by atoms with Crippen LogP contribution in [-0.4, -0.2) is 12.1 Å². The van der Waals surface area contributed by atoms with Gasteiger partial charge in [0.2, 0.25) is 0 Å². The Hall–Kier alpha value is -1.39. The number of nitrogens with zero attached hydrogens (tertiary/aromatic N) is 1. The van der Waals surface area contributed by atoms with Crippen molar-refractivity contribution < 1.29 is 4.74 Å². The van der Waals surface area contributed by atoms with E-state index in [1.54, 1.807) is 13.3 Å². The first kappa shape index (κ1) is 13.1. The molecule has 0 fully saturated rings. The Bertz CT molecular complexity index is 502. The molecule has 1 N–H and O–H groups in total. The summed E-state index contributed by atoms with van der Waals surface area (Å²) in [5.74, 6) is 0.895. The van der Waals surface area contributed by atoms with Gasteiger partial charge in [-0.3, -0.25) is 4.98 Å². The maximum absolute atomic E-state index is 5.33. The van der Waals surface area contributed by atoms with Crippen molar-refractivity contribution in [2.75, 3.05) is 7.11 Å². The molecule has 0 spiro atoms. The lowest BCUT2D eigenvalue weighted by molar-refractivity contribution is 0.407. The van der Waals surface area contributed by atoms with E-state index in [-0.39, 0.29) is 0 Å². The summed E-state index contributed by atoms with van der Waals surface area (Å²) >= 11 is 3.47. The molecule has 4 heteroatoms. The second-order valence-electron chi connectivity index (χ2n) is 3.88. The first-order chi connectivity index (χ1) is 8.79. The van der Waals surface area contributed by atoms with E-state index in [1.807, 2.05) is 30.3 Å². The van der Waals surface area contributed by atoms with Gasteiger partial charge < -0.3 is 10.1 Å². The van der Waals surface area contributed by atoms with Gasteiger partial charge in [-0.2, -0.15) is 0 Å². The average Bonchev–Trinajstić information content (AvgIpc) is 2.40. The summed E-state index contributed by atoms with van der Waals surface area (Å²) in [7, 11) is 1.69. The van der Waals surface area contributed by atoms with Crippen molar-refractivity contribution in [2.24, 2.45) is 0 Å². The van der Waals surface area contributed by atoms with Crippen molar-refractivity contribution in [3.8, 4) is 5.75 Å². The Kier molecular flexibility index (Phi) is 4.73. The van der Waals surface area contributed by atoms with E-state index in [0.717, 1.165) is 34.6 Å². The average molecular weight is 307 g/mol. The Morgan fingerprint density at radius 2 is 2.11 bits per heavy atom. The quantitative estimate of drug-likeness (QED) is 0.921. The lowest BCUT2D eigenvalue weighted by Crippen LogP contribution is -2.14. The van der Waals surface area contributed by atoms with E-state index < -0.39 is 0 Å². The number of aromatic nitrogens is 1. The molecule has 0 saturated heterocycles. The molecule has 1 aromatic heterocycles. The SMILES string of the molecule is COc1ccc(Br)cc1CNCc1ccccn1. The zero-order valence-electron chi connectivity index (χ0n) is 10.2. The number of nitrogens with one attached hydrogen (secondary N) is 1. The van der Waals surface area contributed by atoms with Crippen LogP contribution < -0.4 is 10.1 Å². The van der Waals surface area contributed by atoms with Gasteiger partial charge in [0.05, 0.1) is 12.8 Å². The number of hydrogen-bond donors (Lipinski definition) is 1. The molecular weight excluding hydrogens is 292 g/mol. The Labute approximate surface area is 115 Å². The lowest BCUT2D eigenvalue weighted by Gasteiger charge is -2.10. The number of rotatable bonds is 5. The number of hydrogen-bond acceptors (Lipinski definition) is 3. The standard InChI is InChI=1S/C14H15BrN2O/c1-18-14-6-5-12(15)8-11(14)9-16-10-13-4-2-3-7-17-13/h2-8,16H,9-10H2,1H3. The van der Waals surface area contributed by atoms with Gasteiger partial charge >= 0.3 is 0 Å². The van der Waals surface area contributed by atoms with E-state index in [1.165, 1.54) is 0 Å². The molecule has 0 aliphatic rings. The number of halogens is 1. The van der Waals surface area contributed by atoms with Crippen molar-refractivity contribution in [1.29, 1.82) is 0 Å². The van der Waals surface area contributed by atoms with Crippen LogP contribution >= 0.6 is 15.9 Å². The Morgan fingerprint density at radius 3 is 2.83 bits per heavy atom. The molecule has 2 rings (SSSR count). The summed E-state index contributed by atoms with van der Waals surface area (Å²) in [5.41, 5.74) is 2.16. The summed E-state index contributed by atoms with van der Waals surface area (Å²) in [5, 5.41) is 3.36. The van der Waals surface area contributed by atoms with Crippen LogP contribution in [0.5, 0.6) is 5.75 Å². The Morgan fingerprint density at radius 1 is 1.22 bits per heavy atom. The monoisotopic (exact) mass is 306 g/mol. The molecule has 0 aliphatic carbocycles. The smallest absolute Gasteiger partial charge is 0.123 e. The van der Waals surface area contributed by atoms with Gasteiger partial charge in [-0.25, -0.2) is 0 Å². The molecular formula is C14H15BrN2O. The third-order valence-electron chi connectivity index (χ3n) is 2.59. The van der Waals surface area contributed by atoms with E-state index in [9.17, 15) is 0 Å². The highest BCUT2D eigenvalue weighted by Crippen LogP contribution is 2.22. The van der Waals surface area contributed by atoms with Crippen LogP contribution in [0.25, 0.3) is 0 Å². The largest absolute Gasteiger partial charge is 0.496 e. The highest BCUT2D eigenvalue weighted by atomic mass is 79.9. The normalized spacial score (nSPS) is 10.3. The second-order valence-corrected chi connectivity index (χ2v) is 4.80. The number of ether oxygens (including phenoxy) is 1. The van der Waals surface area contributed by atoms with Crippen LogP contribution in [0.2, 0.25) is 0 Å². The summed E-state index contributed by atoms with van der Waals surface area (Å²) in [6, 6.07) is 11.9. The maximum atomic E-state index is 5.33. The van der Waals surface area contributed by atoms with Crippen molar-refractivity contribution in [1.82, 2.24) is 10.3 Å². The summed E-state index contributed by atoms with van der Waals surface area (Å²) in [6.45, 7) is 1.50. The summed E-state index contributed by atoms with van der Waals surface area (Å²) in [6.07, 6.45) is 1.80. The van der Waals surface area contributed by atoms with Crippen molar-refractivity contribution in [3.63, 3.8) is 0 Å². The minimum Gasteiger partial charge on any atom is -0.496 e. The van der Waals surface area contributed by atoms with Gasteiger partial charge in [0.1, 0.15) is 5.75 Å². The van der Waals surface area contributed by atoms with Crippen molar-refractivity contribution >= 4 is 15.9 Å². The number of pyridine rings is 1. The van der Waals surface area contributed by atoms with Crippen LogP contribution in [0, 0.1) is 0 Å². The van der Waals surface area contributed by atoms with Crippen LogP contribution in [0.4, 0.5) is 0 Å². The molecule has 94 valence electrons. The van der Waals surface area contributed by atoms with E-state index in [4.69, 9.17) is 4.74 Å².